The number of aromatic nitrogens is 2. The smallest absolute Gasteiger partial charge is 0.254 e. The quantitative estimate of drug-likeness (QED) is 0.911. The van der Waals surface area contributed by atoms with Gasteiger partial charge >= 0.3 is 0 Å². The van der Waals surface area contributed by atoms with Crippen LogP contribution < -0.4 is 0 Å². The van der Waals surface area contributed by atoms with Crippen molar-refractivity contribution in [2.75, 3.05) is 13.1 Å². The Hall–Kier alpha value is -2.10. The minimum atomic E-state index is 0.154. The van der Waals surface area contributed by atoms with Crippen LogP contribution in [0.25, 0.3) is 0 Å². The number of likely N-dealkylation sites (tertiary alicyclic amines) is 1. The molecular weight excluding hydrogens is 250 g/mol. The number of carbonyl (C=O) groups excluding carboxylic acids is 1. The minimum Gasteiger partial charge on any atom is -0.348 e. The zero-order chi connectivity index (χ0) is 13.9. The van der Waals surface area contributed by atoms with E-state index in [2.05, 4.69) is 9.97 Å². The molecule has 4 heteroatoms. The first-order valence-corrected chi connectivity index (χ1v) is 7.10. The third-order valence-corrected chi connectivity index (χ3v) is 4.06. The van der Waals surface area contributed by atoms with Crippen molar-refractivity contribution in [1.82, 2.24) is 14.9 Å². The van der Waals surface area contributed by atoms with E-state index in [1.165, 1.54) is 0 Å². The van der Waals surface area contributed by atoms with Gasteiger partial charge in [-0.3, -0.25) is 4.79 Å². The van der Waals surface area contributed by atoms with Crippen molar-refractivity contribution in [3.63, 3.8) is 0 Å². The molecule has 1 N–H and O–H groups in total. The maximum atomic E-state index is 12.5. The summed E-state index contributed by atoms with van der Waals surface area (Å²) < 4.78 is 0. The van der Waals surface area contributed by atoms with E-state index in [1.54, 1.807) is 6.20 Å². The zero-order valence-corrected chi connectivity index (χ0v) is 11.7. The molecule has 0 unspecified atom stereocenters. The number of benzene rings is 1. The van der Waals surface area contributed by atoms with Crippen molar-refractivity contribution in [3.05, 3.63) is 53.6 Å². The van der Waals surface area contributed by atoms with E-state index in [1.807, 2.05) is 42.3 Å². The highest BCUT2D eigenvalue weighted by molar-refractivity contribution is 5.95. The molecule has 20 heavy (non-hydrogen) atoms. The summed E-state index contributed by atoms with van der Waals surface area (Å²) in [6, 6.07) is 7.80. The maximum absolute atomic E-state index is 12.5. The van der Waals surface area contributed by atoms with Crippen LogP contribution in [0.3, 0.4) is 0 Å². The fraction of sp³-hybridized carbons (Fsp3) is 0.375. The van der Waals surface area contributed by atoms with Crippen LogP contribution in [0, 0.1) is 6.92 Å². The van der Waals surface area contributed by atoms with E-state index in [9.17, 15) is 4.79 Å². The number of amides is 1. The third-order valence-electron chi connectivity index (χ3n) is 4.06. The lowest BCUT2D eigenvalue weighted by atomic mass is 9.95. The number of imidazole rings is 1. The number of carbonyl (C=O) groups is 1. The molecule has 0 spiro atoms. The van der Waals surface area contributed by atoms with Crippen molar-refractivity contribution in [2.24, 2.45) is 0 Å². The Morgan fingerprint density at radius 2 is 2.05 bits per heavy atom. The van der Waals surface area contributed by atoms with E-state index >= 15 is 0 Å². The number of nitrogens with one attached hydrogen (secondary N) is 1. The van der Waals surface area contributed by atoms with Gasteiger partial charge in [-0.05, 0) is 31.4 Å². The van der Waals surface area contributed by atoms with Gasteiger partial charge in [-0.1, -0.05) is 18.2 Å². The molecule has 0 saturated carbocycles. The van der Waals surface area contributed by atoms with Crippen LogP contribution in [0.5, 0.6) is 0 Å². The molecule has 0 atom stereocenters. The van der Waals surface area contributed by atoms with Gasteiger partial charge < -0.3 is 9.88 Å². The Labute approximate surface area is 118 Å². The van der Waals surface area contributed by atoms with Gasteiger partial charge in [-0.2, -0.15) is 0 Å². The summed E-state index contributed by atoms with van der Waals surface area (Å²) in [7, 11) is 0. The van der Waals surface area contributed by atoms with Crippen LogP contribution in [-0.4, -0.2) is 33.9 Å². The third kappa shape index (κ3) is 2.46. The topological polar surface area (TPSA) is 49.0 Å². The van der Waals surface area contributed by atoms with Crippen molar-refractivity contribution in [2.45, 2.75) is 25.7 Å². The number of piperidine rings is 1. The number of rotatable bonds is 2. The average molecular weight is 269 g/mol. The van der Waals surface area contributed by atoms with Crippen molar-refractivity contribution in [3.8, 4) is 0 Å². The first kappa shape index (κ1) is 12.9. The molecule has 1 fully saturated rings. The second-order valence-corrected chi connectivity index (χ2v) is 5.36. The highest BCUT2D eigenvalue weighted by atomic mass is 16.2. The number of aromatic amines is 1. The Kier molecular flexibility index (Phi) is 3.54. The number of hydrogen-bond donors (Lipinski definition) is 1. The maximum Gasteiger partial charge on any atom is 0.254 e. The SMILES string of the molecule is Cc1ccccc1C(=O)N1CCC(c2ncc[nH]2)CC1. The van der Waals surface area contributed by atoms with E-state index in [4.69, 9.17) is 0 Å². The first-order chi connectivity index (χ1) is 9.75. The fourth-order valence-electron chi connectivity index (χ4n) is 2.84. The molecule has 1 aromatic carbocycles. The lowest BCUT2D eigenvalue weighted by molar-refractivity contribution is 0.0710. The summed E-state index contributed by atoms with van der Waals surface area (Å²) in [5.74, 6) is 1.65. The summed E-state index contributed by atoms with van der Waals surface area (Å²) in [6.07, 6.45) is 5.61. The molecule has 2 aromatic rings. The molecular formula is C16H19N3O. The van der Waals surface area contributed by atoms with Gasteiger partial charge in [0, 0.05) is 37.0 Å². The second-order valence-electron chi connectivity index (χ2n) is 5.36. The van der Waals surface area contributed by atoms with Crippen molar-refractivity contribution in [1.29, 1.82) is 0 Å². The average Bonchev–Trinajstić information content (AvgIpc) is 3.01. The number of nitrogens with zero attached hydrogens (tertiary/aromatic N) is 2. The van der Waals surface area contributed by atoms with Crippen LogP contribution in [0.2, 0.25) is 0 Å². The molecule has 1 amide bonds. The van der Waals surface area contributed by atoms with Crippen LogP contribution in [0.4, 0.5) is 0 Å². The van der Waals surface area contributed by atoms with E-state index in [0.29, 0.717) is 5.92 Å². The van der Waals surface area contributed by atoms with Crippen LogP contribution in [0.15, 0.2) is 36.7 Å². The van der Waals surface area contributed by atoms with Gasteiger partial charge in [0.25, 0.3) is 5.91 Å². The van der Waals surface area contributed by atoms with Gasteiger partial charge in [-0.25, -0.2) is 4.98 Å². The lowest BCUT2D eigenvalue weighted by Gasteiger charge is -2.31. The molecule has 0 radical (unpaired) electrons. The molecule has 3 rings (SSSR count). The molecule has 1 aromatic heterocycles. The van der Waals surface area contributed by atoms with Crippen LogP contribution in [-0.2, 0) is 0 Å². The summed E-state index contributed by atoms with van der Waals surface area (Å²) >= 11 is 0. The Bertz CT molecular complexity index is 584. The monoisotopic (exact) mass is 269 g/mol. The first-order valence-electron chi connectivity index (χ1n) is 7.10. The molecule has 1 aliphatic rings. The second kappa shape index (κ2) is 5.49. The Morgan fingerprint density at radius 1 is 1.30 bits per heavy atom. The summed E-state index contributed by atoms with van der Waals surface area (Å²) in [4.78, 5) is 22.0. The number of aryl methyl sites for hydroxylation is 1. The van der Waals surface area contributed by atoms with Gasteiger partial charge in [0.1, 0.15) is 5.82 Å². The normalized spacial score (nSPS) is 16.4. The standard InChI is InChI=1S/C16H19N3O/c1-12-4-2-3-5-14(12)16(20)19-10-6-13(7-11-19)15-17-8-9-18-15/h2-5,8-9,13H,6-7,10-11H2,1H3,(H,17,18). The van der Waals surface area contributed by atoms with Gasteiger partial charge in [0.05, 0.1) is 0 Å². The molecule has 2 heterocycles. The predicted molar refractivity (Wildman–Crippen MR) is 77.6 cm³/mol. The largest absolute Gasteiger partial charge is 0.348 e. The van der Waals surface area contributed by atoms with Crippen LogP contribution in [0.1, 0.15) is 40.5 Å². The number of hydrogen-bond acceptors (Lipinski definition) is 2. The summed E-state index contributed by atoms with van der Waals surface area (Å²) in [5.41, 5.74) is 1.87. The Morgan fingerprint density at radius 3 is 2.70 bits per heavy atom. The molecule has 1 saturated heterocycles. The van der Waals surface area contributed by atoms with E-state index in [-0.39, 0.29) is 5.91 Å². The fourth-order valence-corrected chi connectivity index (χ4v) is 2.84. The molecule has 0 bridgehead atoms. The predicted octanol–water partition coefficient (Wildman–Crippen LogP) is 2.74. The molecule has 104 valence electrons. The summed E-state index contributed by atoms with van der Waals surface area (Å²) in [6.45, 7) is 3.60. The van der Waals surface area contributed by atoms with E-state index < -0.39 is 0 Å². The Balaban J connectivity index is 1.66. The number of H-pyrrole nitrogens is 1. The van der Waals surface area contributed by atoms with Gasteiger partial charge in [0.15, 0.2) is 0 Å². The summed E-state index contributed by atoms with van der Waals surface area (Å²) in [5, 5.41) is 0. The van der Waals surface area contributed by atoms with Gasteiger partial charge in [0.2, 0.25) is 0 Å². The van der Waals surface area contributed by atoms with Crippen molar-refractivity contribution < 1.29 is 4.79 Å². The molecule has 4 nitrogen and oxygen atoms in total. The van der Waals surface area contributed by atoms with E-state index in [0.717, 1.165) is 42.9 Å². The van der Waals surface area contributed by atoms with Crippen LogP contribution >= 0.6 is 0 Å². The lowest BCUT2D eigenvalue weighted by Crippen LogP contribution is -2.38. The highest BCUT2D eigenvalue weighted by Gasteiger charge is 2.26. The zero-order valence-electron chi connectivity index (χ0n) is 11.7. The molecule has 0 aliphatic carbocycles. The highest BCUT2D eigenvalue weighted by Crippen LogP contribution is 2.26. The minimum absolute atomic E-state index is 0.154. The molecule has 1 aliphatic heterocycles. The van der Waals surface area contributed by atoms with Gasteiger partial charge in [-0.15, -0.1) is 0 Å². The van der Waals surface area contributed by atoms with Crippen molar-refractivity contribution >= 4 is 5.91 Å².